The Balaban J connectivity index is 3.04. The predicted octanol–water partition coefficient (Wildman–Crippen LogP) is 1.76. The standard InChI is InChI=1S/C14H15NO2/c1-5-13(17)15-8-12-7-6-9(2)14(10(12)3)11(4)16/h1,6-7H,8H2,2-4H3,(H,15,17). The van der Waals surface area contributed by atoms with Crippen molar-refractivity contribution in [3.8, 4) is 12.3 Å². The number of hydrogen-bond donors (Lipinski definition) is 1. The van der Waals surface area contributed by atoms with Crippen molar-refractivity contribution in [2.45, 2.75) is 27.3 Å². The zero-order valence-corrected chi connectivity index (χ0v) is 10.3. The molecule has 0 spiro atoms. The summed E-state index contributed by atoms with van der Waals surface area (Å²) < 4.78 is 0. The van der Waals surface area contributed by atoms with Crippen molar-refractivity contribution >= 4 is 11.7 Å². The van der Waals surface area contributed by atoms with Crippen molar-refractivity contribution in [3.63, 3.8) is 0 Å². The van der Waals surface area contributed by atoms with Crippen LogP contribution in [0.2, 0.25) is 0 Å². The van der Waals surface area contributed by atoms with Crippen LogP contribution in [0.15, 0.2) is 12.1 Å². The van der Waals surface area contributed by atoms with E-state index in [1.54, 1.807) is 6.92 Å². The number of nitrogens with one attached hydrogen (secondary N) is 1. The van der Waals surface area contributed by atoms with Gasteiger partial charge in [0.25, 0.3) is 5.91 Å². The van der Waals surface area contributed by atoms with E-state index in [1.165, 1.54) is 0 Å². The average Bonchev–Trinajstić information content (AvgIpc) is 2.27. The van der Waals surface area contributed by atoms with Crippen LogP contribution in [0.1, 0.15) is 34.0 Å². The molecule has 0 aromatic heterocycles. The van der Waals surface area contributed by atoms with Crippen molar-refractivity contribution in [2.24, 2.45) is 0 Å². The van der Waals surface area contributed by atoms with Gasteiger partial charge in [0.05, 0.1) is 0 Å². The summed E-state index contributed by atoms with van der Waals surface area (Å²) in [4.78, 5) is 22.5. The lowest BCUT2D eigenvalue weighted by Crippen LogP contribution is -2.21. The number of ketones is 1. The summed E-state index contributed by atoms with van der Waals surface area (Å²) in [5.74, 6) is 1.57. The number of Topliss-reactive ketones (excluding diaryl/α,β-unsaturated/α-hetero) is 1. The van der Waals surface area contributed by atoms with Gasteiger partial charge < -0.3 is 5.32 Å². The Morgan fingerprint density at radius 2 is 2.00 bits per heavy atom. The van der Waals surface area contributed by atoms with Gasteiger partial charge in [-0.05, 0) is 43.4 Å². The summed E-state index contributed by atoms with van der Waals surface area (Å²) in [6.07, 6.45) is 4.96. The minimum absolute atomic E-state index is 0.0325. The first-order valence-corrected chi connectivity index (χ1v) is 5.31. The van der Waals surface area contributed by atoms with Crippen molar-refractivity contribution < 1.29 is 9.59 Å². The zero-order chi connectivity index (χ0) is 13.0. The van der Waals surface area contributed by atoms with Crippen LogP contribution in [0.4, 0.5) is 0 Å². The second-order valence-corrected chi connectivity index (χ2v) is 3.92. The molecule has 1 rings (SSSR count). The van der Waals surface area contributed by atoms with Gasteiger partial charge in [0.1, 0.15) is 0 Å². The fourth-order valence-electron chi connectivity index (χ4n) is 1.85. The molecule has 88 valence electrons. The van der Waals surface area contributed by atoms with Gasteiger partial charge >= 0.3 is 0 Å². The number of carbonyl (C=O) groups is 2. The SMILES string of the molecule is C#CC(=O)NCc1ccc(C)c(C(C)=O)c1C. The number of hydrogen-bond acceptors (Lipinski definition) is 2. The highest BCUT2D eigenvalue weighted by atomic mass is 16.1. The van der Waals surface area contributed by atoms with Crippen LogP contribution in [0.5, 0.6) is 0 Å². The van der Waals surface area contributed by atoms with Gasteiger partial charge in [-0.2, -0.15) is 0 Å². The largest absolute Gasteiger partial charge is 0.341 e. The molecule has 1 amide bonds. The fourth-order valence-corrected chi connectivity index (χ4v) is 1.85. The molecule has 0 radical (unpaired) electrons. The summed E-state index contributed by atoms with van der Waals surface area (Å²) in [5, 5.41) is 2.59. The van der Waals surface area contributed by atoms with Gasteiger partial charge in [0, 0.05) is 12.1 Å². The Labute approximate surface area is 101 Å². The van der Waals surface area contributed by atoms with Crippen molar-refractivity contribution in [1.82, 2.24) is 5.32 Å². The van der Waals surface area contributed by atoms with Crippen LogP contribution >= 0.6 is 0 Å². The lowest BCUT2D eigenvalue weighted by molar-refractivity contribution is -0.115. The lowest BCUT2D eigenvalue weighted by Gasteiger charge is -2.12. The van der Waals surface area contributed by atoms with E-state index in [0.717, 1.165) is 22.3 Å². The molecule has 0 saturated heterocycles. The number of terminal acetylenes is 1. The minimum atomic E-state index is -0.450. The molecular formula is C14H15NO2. The number of amides is 1. The predicted molar refractivity (Wildman–Crippen MR) is 66.6 cm³/mol. The van der Waals surface area contributed by atoms with Gasteiger partial charge in [0.15, 0.2) is 5.78 Å². The highest BCUT2D eigenvalue weighted by molar-refractivity contribution is 5.97. The van der Waals surface area contributed by atoms with Crippen LogP contribution in [-0.2, 0) is 11.3 Å². The molecule has 1 aromatic carbocycles. The van der Waals surface area contributed by atoms with Crippen molar-refractivity contribution in [1.29, 1.82) is 0 Å². The Hall–Kier alpha value is -2.08. The molecule has 3 nitrogen and oxygen atoms in total. The molecular weight excluding hydrogens is 214 g/mol. The molecule has 0 aliphatic heterocycles. The van der Waals surface area contributed by atoms with Crippen LogP contribution in [0.25, 0.3) is 0 Å². The van der Waals surface area contributed by atoms with Crippen LogP contribution in [-0.4, -0.2) is 11.7 Å². The smallest absolute Gasteiger partial charge is 0.295 e. The molecule has 0 aliphatic rings. The first kappa shape index (κ1) is 13.0. The van der Waals surface area contributed by atoms with Gasteiger partial charge in [-0.3, -0.25) is 9.59 Å². The van der Waals surface area contributed by atoms with Gasteiger partial charge in [0.2, 0.25) is 0 Å². The number of aryl methyl sites for hydroxylation is 1. The molecule has 0 unspecified atom stereocenters. The van der Waals surface area contributed by atoms with E-state index in [0.29, 0.717) is 6.54 Å². The molecule has 0 saturated carbocycles. The topological polar surface area (TPSA) is 46.2 Å². The van der Waals surface area contributed by atoms with E-state index in [2.05, 4.69) is 5.32 Å². The molecule has 1 N–H and O–H groups in total. The van der Waals surface area contributed by atoms with Crippen LogP contribution in [0.3, 0.4) is 0 Å². The average molecular weight is 229 g/mol. The Morgan fingerprint density at radius 3 is 2.53 bits per heavy atom. The Bertz CT molecular complexity index is 510. The van der Waals surface area contributed by atoms with E-state index >= 15 is 0 Å². The van der Waals surface area contributed by atoms with Gasteiger partial charge in [-0.15, -0.1) is 6.42 Å². The third kappa shape index (κ3) is 2.94. The quantitative estimate of drug-likeness (QED) is 0.634. The third-order valence-corrected chi connectivity index (χ3v) is 2.71. The molecule has 3 heteroatoms. The van der Waals surface area contributed by atoms with E-state index in [1.807, 2.05) is 31.9 Å². The highest BCUT2D eigenvalue weighted by Crippen LogP contribution is 2.18. The molecule has 0 fully saturated rings. The van der Waals surface area contributed by atoms with Crippen molar-refractivity contribution in [3.05, 3.63) is 34.4 Å². The van der Waals surface area contributed by atoms with E-state index < -0.39 is 5.91 Å². The fraction of sp³-hybridized carbons (Fsp3) is 0.286. The first-order chi connectivity index (χ1) is 7.97. The second kappa shape index (κ2) is 5.31. The summed E-state index contributed by atoms with van der Waals surface area (Å²) in [6, 6.07) is 3.77. The summed E-state index contributed by atoms with van der Waals surface area (Å²) in [6.45, 7) is 5.66. The number of carbonyl (C=O) groups excluding carboxylic acids is 2. The second-order valence-electron chi connectivity index (χ2n) is 3.92. The van der Waals surface area contributed by atoms with Crippen LogP contribution < -0.4 is 5.32 Å². The summed E-state index contributed by atoms with van der Waals surface area (Å²) >= 11 is 0. The lowest BCUT2D eigenvalue weighted by atomic mass is 9.95. The minimum Gasteiger partial charge on any atom is -0.341 e. The summed E-state index contributed by atoms with van der Waals surface area (Å²) in [7, 11) is 0. The van der Waals surface area contributed by atoms with E-state index in [-0.39, 0.29) is 5.78 Å². The molecule has 1 aromatic rings. The maximum absolute atomic E-state index is 11.5. The number of benzene rings is 1. The Morgan fingerprint density at radius 1 is 1.35 bits per heavy atom. The maximum atomic E-state index is 11.5. The van der Waals surface area contributed by atoms with E-state index in [4.69, 9.17) is 6.42 Å². The van der Waals surface area contributed by atoms with E-state index in [9.17, 15) is 9.59 Å². The van der Waals surface area contributed by atoms with Gasteiger partial charge in [-0.1, -0.05) is 12.1 Å². The highest BCUT2D eigenvalue weighted by Gasteiger charge is 2.11. The Kier molecular flexibility index (Phi) is 4.06. The van der Waals surface area contributed by atoms with Crippen molar-refractivity contribution in [2.75, 3.05) is 0 Å². The monoisotopic (exact) mass is 229 g/mol. The van der Waals surface area contributed by atoms with Gasteiger partial charge in [-0.25, -0.2) is 0 Å². The normalized spacial score (nSPS) is 9.53. The molecule has 0 aliphatic carbocycles. The molecule has 0 heterocycles. The summed E-state index contributed by atoms with van der Waals surface area (Å²) in [5.41, 5.74) is 3.47. The maximum Gasteiger partial charge on any atom is 0.295 e. The number of rotatable bonds is 3. The molecule has 0 bridgehead atoms. The first-order valence-electron chi connectivity index (χ1n) is 5.31. The zero-order valence-electron chi connectivity index (χ0n) is 10.3. The van der Waals surface area contributed by atoms with Crippen LogP contribution in [0, 0.1) is 26.2 Å². The molecule has 0 atom stereocenters. The molecule has 17 heavy (non-hydrogen) atoms. The third-order valence-electron chi connectivity index (χ3n) is 2.71.